The van der Waals surface area contributed by atoms with Gasteiger partial charge in [-0.2, -0.15) is 5.10 Å². The Hall–Kier alpha value is -2.91. The predicted molar refractivity (Wildman–Crippen MR) is 127 cm³/mol. The van der Waals surface area contributed by atoms with Gasteiger partial charge in [0.1, 0.15) is 11.8 Å². The van der Waals surface area contributed by atoms with E-state index in [1.807, 2.05) is 30.3 Å². The van der Waals surface area contributed by atoms with Gasteiger partial charge in [-0.05, 0) is 41.9 Å². The van der Waals surface area contributed by atoms with E-state index in [-0.39, 0.29) is 28.6 Å². The predicted octanol–water partition coefficient (Wildman–Crippen LogP) is 4.12. The molecule has 7 nitrogen and oxygen atoms in total. The molecule has 0 aliphatic rings. The molecule has 0 amide bonds. The lowest BCUT2D eigenvalue weighted by Crippen LogP contribution is -2.13. The van der Waals surface area contributed by atoms with Crippen LogP contribution in [0.15, 0.2) is 53.4 Å². The molecule has 0 aliphatic carbocycles. The summed E-state index contributed by atoms with van der Waals surface area (Å²) in [4.78, 5) is 26.4. The van der Waals surface area contributed by atoms with Gasteiger partial charge in [-0.3, -0.25) is 4.79 Å². The van der Waals surface area contributed by atoms with Crippen molar-refractivity contribution in [2.75, 3.05) is 13.4 Å². The van der Waals surface area contributed by atoms with E-state index >= 15 is 0 Å². The van der Waals surface area contributed by atoms with Crippen molar-refractivity contribution < 1.29 is 23.6 Å². The molecule has 33 heavy (non-hydrogen) atoms. The highest BCUT2D eigenvalue weighted by molar-refractivity contribution is 7.90. The van der Waals surface area contributed by atoms with Crippen molar-refractivity contribution in [2.45, 2.75) is 18.4 Å². The molecular weight excluding hydrogens is 464 g/mol. The van der Waals surface area contributed by atoms with Gasteiger partial charge in [-0.15, -0.1) is 0 Å². The lowest BCUT2D eigenvalue weighted by Gasteiger charge is -2.14. The van der Waals surface area contributed by atoms with Crippen molar-refractivity contribution in [1.29, 1.82) is 0 Å². The number of aryl methyl sites for hydroxylation is 2. The molecule has 0 radical (unpaired) electrons. The van der Waals surface area contributed by atoms with Crippen LogP contribution in [0.5, 0.6) is 5.88 Å². The third-order valence-electron chi connectivity index (χ3n) is 4.85. The van der Waals surface area contributed by atoms with Crippen LogP contribution in [0.3, 0.4) is 0 Å². The number of carbonyl (C=O) groups is 2. The molecule has 3 aromatic rings. The lowest BCUT2D eigenvalue weighted by molar-refractivity contribution is -0.129. The maximum absolute atomic E-state index is 13.5. The van der Waals surface area contributed by atoms with Gasteiger partial charge in [0.25, 0.3) is 0 Å². The second-order valence-corrected chi connectivity index (χ2v) is 8.90. The number of rotatable bonds is 8. The van der Waals surface area contributed by atoms with Gasteiger partial charge >= 0.3 is 5.97 Å². The number of aromatic nitrogens is 2. The molecule has 1 aromatic heterocycles. The average Bonchev–Trinajstić information content (AvgIpc) is 3.06. The molecule has 1 unspecified atom stereocenters. The second-order valence-electron chi connectivity index (χ2n) is 7.17. The average molecular weight is 487 g/mol. The summed E-state index contributed by atoms with van der Waals surface area (Å²) < 4.78 is 24.1. The molecule has 1 heterocycles. The van der Waals surface area contributed by atoms with Crippen molar-refractivity contribution >= 4 is 40.6 Å². The summed E-state index contributed by atoms with van der Waals surface area (Å²) in [5.74, 6) is -1.11. The maximum Gasteiger partial charge on any atom is 0.337 e. The van der Waals surface area contributed by atoms with Gasteiger partial charge in [-0.1, -0.05) is 41.9 Å². The smallest absolute Gasteiger partial charge is 0.337 e. The minimum atomic E-state index is -1.32. The molecule has 0 saturated carbocycles. The van der Waals surface area contributed by atoms with Crippen LogP contribution >= 0.6 is 11.6 Å². The van der Waals surface area contributed by atoms with E-state index < -0.39 is 22.9 Å². The maximum atomic E-state index is 13.5. The Morgan fingerprint density at radius 2 is 1.91 bits per heavy atom. The Morgan fingerprint density at radius 1 is 1.21 bits per heavy atom. The number of esters is 1. The SMILES string of the molecule is COCc1c([S+](C)[O-])ccc(C(=O)c2c(C)nn(C)c2OC(=O)/C=C/c2ccccc2)c1Cl. The van der Waals surface area contributed by atoms with Crippen LogP contribution < -0.4 is 4.74 Å². The van der Waals surface area contributed by atoms with Crippen LogP contribution in [0.25, 0.3) is 6.08 Å². The van der Waals surface area contributed by atoms with Gasteiger partial charge < -0.3 is 14.0 Å². The number of hydrogen-bond donors (Lipinski definition) is 0. The fraction of sp³-hybridized carbons (Fsp3) is 0.208. The highest BCUT2D eigenvalue weighted by Gasteiger charge is 2.28. The molecule has 0 bridgehead atoms. The van der Waals surface area contributed by atoms with E-state index in [0.29, 0.717) is 16.2 Å². The first-order valence-corrected chi connectivity index (χ1v) is 11.8. The molecule has 1 atom stereocenters. The largest absolute Gasteiger partial charge is 0.612 e. The number of nitrogens with zero attached hydrogens (tertiary/aromatic N) is 2. The molecule has 0 aliphatic heterocycles. The highest BCUT2D eigenvalue weighted by Crippen LogP contribution is 2.33. The lowest BCUT2D eigenvalue weighted by atomic mass is 10.0. The van der Waals surface area contributed by atoms with E-state index in [1.54, 1.807) is 26.1 Å². The monoisotopic (exact) mass is 486 g/mol. The fourth-order valence-electron chi connectivity index (χ4n) is 3.33. The zero-order valence-electron chi connectivity index (χ0n) is 18.6. The zero-order valence-corrected chi connectivity index (χ0v) is 20.2. The number of benzene rings is 2. The van der Waals surface area contributed by atoms with E-state index in [9.17, 15) is 14.1 Å². The zero-order chi connectivity index (χ0) is 24.1. The van der Waals surface area contributed by atoms with Crippen LogP contribution in [0.1, 0.15) is 32.7 Å². The Balaban J connectivity index is 1.96. The van der Waals surface area contributed by atoms with Crippen molar-refractivity contribution in [2.24, 2.45) is 7.05 Å². The van der Waals surface area contributed by atoms with Crippen molar-refractivity contribution in [3.63, 3.8) is 0 Å². The topological polar surface area (TPSA) is 93.5 Å². The van der Waals surface area contributed by atoms with Gasteiger partial charge in [-0.25, -0.2) is 9.48 Å². The standard InChI is InChI=1S/C24H23ClN2O5S/c1-15-21(23(29)17-11-12-19(33(4)30)18(14-31-3)22(17)25)24(27(2)26-15)32-20(28)13-10-16-8-6-5-7-9-16/h5-13H,14H2,1-4H3/b13-10+. The minimum absolute atomic E-state index is 0.00714. The van der Waals surface area contributed by atoms with E-state index in [0.717, 1.165) is 5.56 Å². The molecule has 0 saturated heterocycles. The summed E-state index contributed by atoms with van der Waals surface area (Å²) in [6.07, 6.45) is 4.42. The molecule has 172 valence electrons. The number of ether oxygens (including phenoxy) is 2. The van der Waals surface area contributed by atoms with Crippen molar-refractivity contribution in [3.8, 4) is 5.88 Å². The number of hydrogen-bond acceptors (Lipinski definition) is 6. The summed E-state index contributed by atoms with van der Waals surface area (Å²) in [5.41, 5.74) is 1.97. The first-order valence-electron chi connectivity index (χ1n) is 9.91. The highest BCUT2D eigenvalue weighted by atomic mass is 35.5. The summed E-state index contributed by atoms with van der Waals surface area (Å²) >= 11 is 5.22. The molecule has 3 rings (SSSR count). The minimum Gasteiger partial charge on any atom is -0.612 e. The van der Waals surface area contributed by atoms with Crippen LogP contribution in [-0.4, -0.2) is 39.5 Å². The first-order chi connectivity index (χ1) is 15.7. The molecule has 0 fully saturated rings. The normalized spacial score (nSPS) is 12.2. The van der Waals surface area contributed by atoms with Gasteiger partial charge in [0.05, 0.1) is 22.9 Å². The second kappa shape index (κ2) is 10.8. The number of carbonyl (C=O) groups excluding carboxylic acids is 2. The third-order valence-corrected chi connectivity index (χ3v) is 6.28. The fourth-order valence-corrected chi connectivity index (χ4v) is 4.46. The van der Waals surface area contributed by atoms with Crippen LogP contribution in [0.2, 0.25) is 5.02 Å². The Morgan fingerprint density at radius 3 is 2.55 bits per heavy atom. The molecule has 0 N–H and O–H groups in total. The summed E-state index contributed by atoms with van der Waals surface area (Å²) in [5, 5.41) is 4.38. The third kappa shape index (κ3) is 5.54. The molecule has 9 heteroatoms. The van der Waals surface area contributed by atoms with Crippen molar-refractivity contribution in [1.82, 2.24) is 9.78 Å². The summed E-state index contributed by atoms with van der Waals surface area (Å²) in [6, 6.07) is 12.4. The van der Waals surface area contributed by atoms with Gasteiger partial charge in [0.2, 0.25) is 11.7 Å². The Bertz CT molecular complexity index is 1210. The van der Waals surface area contributed by atoms with Crippen LogP contribution in [-0.2, 0) is 34.4 Å². The Labute approximate surface area is 200 Å². The van der Waals surface area contributed by atoms with Gasteiger partial charge in [0.15, 0.2) is 4.90 Å². The summed E-state index contributed by atoms with van der Waals surface area (Å²) in [6.45, 7) is 1.73. The quantitative estimate of drug-likeness (QED) is 0.206. The van der Waals surface area contributed by atoms with E-state index in [4.69, 9.17) is 21.1 Å². The first kappa shape index (κ1) is 24.7. The molecular formula is C24H23ClN2O5S. The number of methoxy groups -OCH3 is 1. The Kier molecular flexibility index (Phi) is 8.10. The van der Waals surface area contributed by atoms with E-state index in [1.165, 1.54) is 30.2 Å². The number of ketones is 1. The van der Waals surface area contributed by atoms with Crippen LogP contribution in [0.4, 0.5) is 0 Å². The van der Waals surface area contributed by atoms with E-state index in [2.05, 4.69) is 5.10 Å². The van der Waals surface area contributed by atoms with Crippen molar-refractivity contribution in [3.05, 3.63) is 81.5 Å². The molecule has 2 aromatic carbocycles. The molecule has 0 spiro atoms. The number of halogens is 1. The van der Waals surface area contributed by atoms with Crippen LogP contribution in [0, 0.1) is 6.92 Å². The van der Waals surface area contributed by atoms with Gasteiger partial charge in [0, 0.05) is 25.8 Å². The summed E-state index contributed by atoms with van der Waals surface area (Å²) in [7, 11) is 3.06.